The number of carbonyl (C=O) groups is 3. The Bertz CT molecular complexity index is 600. The lowest BCUT2D eigenvalue weighted by molar-refractivity contribution is -0.160. The molecule has 1 fully saturated rings. The van der Waals surface area contributed by atoms with Gasteiger partial charge in [0.05, 0.1) is 0 Å². The van der Waals surface area contributed by atoms with Crippen molar-refractivity contribution in [3.05, 3.63) is 30.3 Å². The molecule has 0 aliphatic carbocycles. The van der Waals surface area contributed by atoms with Crippen LogP contribution in [0.15, 0.2) is 30.3 Å². The number of ether oxygens (including phenoxy) is 1. The van der Waals surface area contributed by atoms with Gasteiger partial charge in [0.15, 0.2) is 6.10 Å². The van der Waals surface area contributed by atoms with Crippen LogP contribution in [0.5, 0.6) is 0 Å². The van der Waals surface area contributed by atoms with Crippen LogP contribution in [0.2, 0.25) is 0 Å². The second kappa shape index (κ2) is 9.05. The van der Waals surface area contributed by atoms with E-state index in [1.54, 1.807) is 36.1 Å². The van der Waals surface area contributed by atoms with Gasteiger partial charge < -0.3 is 20.3 Å². The van der Waals surface area contributed by atoms with Gasteiger partial charge in [-0.2, -0.15) is 0 Å². The van der Waals surface area contributed by atoms with E-state index in [2.05, 4.69) is 10.6 Å². The molecule has 2 N–H and O–H groups in total. The van der Waals surface area contributed by atoms with Gasteiger partial charge in [0, 0.05) is 18.8 Å². The number of para-hydroxylation sites is 1. The van der Waals surface area contributed by atoms with Crippen molar-refractivity contribution in [1.82, 2.24) is 10.2 Å². The molecule has 0 unspecified atom stereocenters. The van der Waals surface area contributed by atoms with Gasteiger partial charge in [0.25, 0.3) is 5.91 Å². The van der Waals surface area contributed by atoms with Crippen LogP contribution in [0.4, 0.5) is 10.5 Å². The summed E-state index contributed by atoms with van der Waals surface area (Å²) in [6.07, 6.45) is 2.22. The molecule has 1 aliphatic rings. The molecule has 1 aromatic carbocycles. The molecule has 1 aliphatic heterocycles. The summed E-state index contributed by atoms with van der Waals surface area (Å²) >= 11 is 0. The largest absolute Gasteiger partial charge is 0.451 e. The monoisotopic (exact) mass is 347 g/mol. The highest BCUT2D eigenvalue weighted by atomic mass is 16.5. The average Bonchev–Trinajstić information content (AvgIpc) is 2.62. The Morgan fingerprint density at radius 2 is 1.68 bits per heavy atom. The number of nitrogens with zero attached hydrogens (tertiary/aromatic N) is 1. The minimum atomic E-state index is -0.861. The lowest BCUT2D eigenvalue weighted by Gasteiger charge is -2.29. The molecular formula is C18H25N3O4. The van der Waals surface area contributed by atoms with Crippen molar-refractivity contribution in [3.8, 4) is 0 Å². The minimum Gasteiger partial charge on any atom is -0.451 e. The number of anilines is 1. The number of esters is 1. The Kier molecular flexibility index (Phi) is 6.80. The van der Waals surface area contributed by atoms with E-state index in [-0.39, 0.29) is 5.91 Å². The number of urea groups is 1. The van der Waals surface area contributed by atoms with Crippen LogP contribution in [-0.4, -0.2) is 48.0 Å². The first-order valence-corrected chi connectivity index (χ1v) is 8.59. The molecule has 2 atom stereocenters. The average molecular weight is 347 g/mol. The van der Waals surface area contributed by atoms with E-state index in [0.29, 0.717) is 18.8 Å². The predicted octanol–water partition coefficient (Wildman–Crippen LogP) is 2.14. The van der Waals surface area contributed by atoms with E-state index in [9.17, 15) is 14.4 Å². The maximum atomic E-state index is 12.3. The first-order valence-electron chi connectivity index (χ1n) is 8.59. The van der Waals surface area contributed by atoms with E-state index in [1.165, 1.54) is 6.92 Å². The molecule has 1 aromatic rings. The second-order valence-corrected chi connectivity index (χ2v) is 6.15. The van der Waals surface area contributed by atoms with Gasteiger partial charge in [0.2, 0.25) is 0 Å². The first kappa shape index (κ1) is 18.8. The van der Waals surface area contributed by atoms with Crippen LogP contribution < -0.4 is 10.6 Å². The number of piperidine rings is 1. The highest BCUT2D eigenvalue weighted by Crippen LogP contribution is 2.11. The summed E-state index contributed by atoms with van der Waals surface area (Å²) < 4.78 is 5.21. The van der Waals surface area contributed by atoms with Crippen LogP contribution in [0.1, 0.15) is 33.1 Å². The highest BCUT2D eigenvalue weighted by molar-refractivity contribution is 5.93. The second-order valence-electron chi connectivity index (χ2n) is 6.15. The smallest absolute Gasteiger partial charge is 0.329 e. The molecule has 0 saturated carbocycles. The lowest BCUT2D eigenvalue weighted by Crippen LogP contribution is -2.46. The standard InChI is InChI=1S/C18H25N3O4/c1-13(19-18(24)20-15-9-5-3-6-10-15)17(23)25-14(2)16(22)21-11-7-4-8-12-21/h3,5-6,9-10,13-14H,4,7-8,11-12H2,1-2H3,(H2,19,20,24)/t13-,14+/m0/s1. The van der Waals surface area contributed by atoms with Crippen molar-refractivity contribution < 1.29 is 19.1 Å². The van der Waals surface area contributed by atoms with Crippen LogP contribution in [0, 0.1) is 0 Å². The fraction of sp³-hybridized carbons (Fsp3) is 0.500. The Morgan fingerprint density at radius 1 is 1.04 bits per heavy atom. The molecule has 1 heterocycles. The normalized spacial score (nSPS) is 16.5. The Balaban J connectivity index is 1.78. The van der Waals surface area contributed by atoms with Gasteiger partial charge in [-0.1, -0.05) is 18.2 Å². The summed E-state index contributed by atoms with van der Waals surface area (Å²) in [6, 6.07) is 7.53. The van der Waals surface area contributed by atoms with Crippen molar-refractivity contribution in [2.45, 2.75) is 45.3 Å². The number of amides is 3. The summed E-state index contributed by atoms with van der Waals surface area (Å²) in [5, 5.41) is 5.12. The number of benzene rings is 1. The number of likely N-dealkylation sites (tertiary alicyclic amines) is 1. The molecule has 0 radical (unpaired) electrons. The Morgan fingerprint density at radius 3 is 2.32 bits per heavy atom. The van der Waals surface area contributed by atoms with E-state index < -0.39 is 24.1 Å². The van der Waals surface area contributed by atoms with Crippen molar-refractivity contribution in [2.75, 3.05) is 18.4 Å². The van der Waals surface area contributed by atoms with E-state index in [1.807, 2.05) is 6.07 Å². The first-order chi connectivity index (χ1) is 12.0. The van der Waals surface area contributed by atoms with E-state index >= 15 is 0 Å². The maximum Gasteiger partial charge on any atom is 0.329 e. The molecule has 0 bridgehead atoms. The molecule has 7 nitrogen and oxygen atoms in total. The zero-order valence-corrected chi connectivity index (χ0v) is 14.7. The van der Waals surface area contributed by atoms with Crippen LogP contribution in [-0.2, 0) is 14.3 Å². The van der Waals surface area contributed by atoms with E-state index in [4.69, 9.17) is 4.74 Å². The predicted molar refractivity (Wildman–Crippen MR) is 94.0 cm³/mol. The lowest BCUT2D eigenvalue weighted by atomic mass is 10.1. The van der Waals surface area contributed by atoms with Crippen molar-refractivity contribution >= 4 is 23.6 Å². The summed E-state index contributed by atoms with van der Waals surface area (Å²) in [4.78, 5) is 38.0. The highest BCUT2D eigenvalue weighted by Gasteiger charge is 2.27. The van der Waals surface area contributed by atoms with Crippen LogP contribution in [0.3, 0.4) is 0 Å². The van der Waals surface area contributed by atoms with Crippen molar-refractivity contribution in [2.24, 2.45) is 0 Å². The number of hydrogen-bond donors (Lipinski definition) is 2. The molecular weight excluding hydrogens is 322 g/mol. The van der Waals surface area contributed by atoms with Gasteiger partial charge in [-0.05, 0) is 45.2 Å². The Hall–Kier alpha value is -2.57. The third kappa shape index (κ3) is 5.77. The molecule has 7 heteroatoms. The fourth-order valence-electron chi connectivity index (χ4n) is 2.64. The number of nitrogens with one attached hydrogen (secondary N) is 2. The van der Waals surface area contributed by atoms with Gasteiger partial charge in [-0.25, -0.2) is 9.59 Å². The molecule has 2 rings (SSSR count). The number of carbonyl (C=O) groups excluding carboxylic acids is 3. The number of rotatable bonds is 5. The molecule has 1 saturated heterocycles. The zero-order valence-electron chi connectivity index (χ0n) is 14.7. The molecule has 25 heavy (non-hydrogen) atoms. The molecule has 3 amide bonds. The minimum absolute atomic E-state index is 0.186. The van der Waals surface area contributed by atoms with Gasteiger partial charge >= 0.3 is 12.0 Å². The summed E-state index contributed by atoms with van der Waals surface area (Å²) in [5.41, 5.74) is 0.620. The summed E-state index contributed by atoms with van der Waals surface area (Å²) in [7, 11) is 0. The van der Waals surface area contributed by atoms with E-state index in [0.717, 1.165) is 19.3 Å². The topological polar surface area (TPSA) is 87.7 Å². The van der Waals surface area contributed by atoms with Crippen LogP contribution >= 0.6 is 0 Å². The molecule has 0 spiro atoms. The van der Waals surface area contributed by atoms with Crippen molar-refractivity contribution in [3.63, 3.8) is 0 Å². The van der Waals surface area contributed by atoms with Gasteiger partial charge in [0.1, 0.15) is 6.04 Å². The van der Waals surface area contributed by atoms with Crippen molar-refractivity contribution in [1.29, 1.82) is 0 Å². The van der Waals surface area contributed by atoms with Gasteiger partial charge in [-0.15, -0.1) is 0 Å². The fourth-order valence-corrected chi connectivity index (χ4v) is 2.64. The molecule has 0 aromatic heterocycles. The third-order valence-electron chi connectivity index (χ3n) is 4.04. The van der Waals surface area contributed by atoms with Gasteiger partial charge in [-0.3, -0.25) is 4.79 Å². The maximum absolute atomic E-state index is 12.3. The summed E-state index contributed by atoms with van der Waals surface area (Å²) in [6.45, 7) is 4.48. The number of hydrogen-bond acceptors (Lipinski definition) is 4. The molecule has 136 valence electrons. The zero-order chi connectivity index (χ0) is 18.2. The van der Waals surface area contributed by atoms with Crippen LogP contribution in [0.25, 0.3) is 0 Å². The Labute approximate surface area is 147 Å². The third-order valence-corrected chi connectivity index (χ3v) is 4.04. The quantitative estimate of drug-likeness (QED) is 0.799. The summed E-state index contributed by atoms with van der Waals surface area (Å²) in [5.74, 6) is -0.824. The SMILES string of the molecule is C[C@H](NC(=O)Nc1ccccc1)C(=O)O[C@H](C)C(=O)N1CCCCC1.